The smallest absolute Gasteiger partial charge is 0.255 e. The van der Waals surface area contributed by atoms with Crippen molar-refractivity contribution in [2.75, 3.05) is 20.3 Å². The normalized spacial score (nSPS) is 16.2. The van der Waals surface area contributed by atoms with Gasteiger partial charge in [0.2, 0.25) is 0 Å². The SMILES string of the molecule is COc1ccc(C=O)c(C(=O)N2CCCC[C@H]2COc2cccc(O)c2C=O)c1. The molecule has 2 aromatic carbocycles. The number of carbonyl (C=O) groups excluding carboxylic acids is 3. The van der Waals surface area contributed by atoms with Gasteiger partial charge in [0.15, 0.2) is 12.6 Å². The predicted molar refractivity (Wildman–Crippen MR) is 106 cm³/mol. The number of rotatable bonds is 7. The van der Waals surface area contributed by atoms with Crippen molar-refractivity contribution in [2.24, 2.45) is 0 Å². The van der Waals surface area contributed by atoms with E-state index in [0.717, 1.165) is 19.3 Å². The van der Waals surface area contributed by atoms with Crippen LogP contribution in [0, 0.1) is 0 Å². The number of benzene rings is 2. The number of carbonyl (C=O) groups is 3. The lowest BCUT2D eigenvalue weighted by Gasteiger charge is -2.36. The van der Waals surface area contributed by atoms with Crippen LogP contribution in [0.25, 0.3) is 0 Å². The minimum atomic E-state index is -0.259. The van der Waals surface area contributed by atoms with Gasteiger partial charge in [-0.25, -0.2) is 0 Å². The summed E-state index contributed by atoms with van der Waals surface area (Å²) in [4.78, 5) is 37.6. The van der Waals surface area contributed by atoms with E-state index in [0.29, 0.717) is 30.4 Å². The number of hydrogen-bond acceptors (Lipinski definition) is 6. The zero-order valence-corrected chi connectivity index (χ0v) is 16.2. The highest BCUT2D eigenvalue weighted by molar-refractivity contribution is 6.02. The van der Waals surface area contributed by atoms with E-state index >= 15 is 0 Å². The van der Waals surface area contributed by atoms with Crippen LogP contribution in [0.4, 0.5) is 0 Å². The van der Waals surface area contributed by atoms with Gasteiger partial charge in [0.05, 0.1) is 24.3 Å². The maximum Gasteiger partial charge on any atom is 0.255 e. The number of phenols is 1. The molecule has 0 radical (unpaired) electrons. The number of methoxy groups -OCH3 is 1. The standard InChI is InChI=1S/C22H23NO6/c1-28-17-9-8-15(12-24)18(11-17)22(27)23-10-3-2-5-16(23)14-29-21-7-4-6-20(26)19(21)13-25/h4,6-9,11-13,16,26H,2-3,5,10,14H2,1H3/t16-/m0/s1. The third-order valence-corrected chi connectivity index (χ3v) is 5.10. The van der Waals surface area contributed by atoms with Crippen molar-refractivity contribution in [1.82, 2.24) is 4.90 Å². The van der Waals surface area contributed by atoms with E-state index in [1.165, 1.54) is 13.2 Å². The lowest BCUT2D eigenvalue weighted by molar-refractivity contribution is 0.0525. The lowest BCUT2D eigenvalue weighted by Crippen LogP contribution is -2.47. The van der Waals surface area contributed by atoms with Gasteiger partial charge in [-0.3, -0.25) is 14.4 Å². The van der Waals surface area contributed by atoms with Gasteiger partial charge in [0, 0.05) is 12.1 Å². The molecule has 1 aliphatic heterocycles. The van der Waals surface area contributed by atoms with E-state index in [9.17, 15) is 19.5 Å². The second-order valence-electron chi connectivity index (χ2n) is 6.84. The molecule has 0 saturated carbocycles. The fourth-order valence-corrected chi connectivity index (χ4v) is 3.51. The molecule has 1 amide bonds. The summed E-state index contributed by atoms with van der Waals surface area (Å²) in [5.41, 5.74) is 0.673. The molecule has 152 valence electrons. The highest BCUT2D eigenvalue weighted by Gasteiger charge is 2.29. The number of aromatic hydroxyl groups is 1. The molecule has 29 heavy (non-hydrogen) atoms. The van der Waals surface area contributed by atoms with Gasteiger partial charge in [0.25, 0.3) is 5.91 Å². The van der Waals surface area contributed by atoms with Crippen molar-refractivity contribution in [3.05, 3.63) is 53.1 Å². The maximum absolute atomic E-state index is 13.2. The monoisotopic (exact) mass is 397 g/mol. The van der Waals surface area contributed by atoms with Crippen LogP contribution in [0.2, 0.25) is 0 Å². The molecule has 0 unspecified atom stereocenters. The van der Waals surface area contributed by atoms with Crippen LogP contribution in [0.1, 0.15) is 50.3 Å². The number of likely N-dealkylation sites (tertiary alicyclic amines) is 1. The number of ether oxygens (including phenoxy) is 2. The predicted octanol–water partition coefficient (Wildman–Crippen LogP) is 3.10. The van der Waals surface area contributed by atoms with E-state index in [1.807, 2.05) is 0 Å². The Hall–Kier alpha value is -3.35. The molecule has 2 aromatic rings. The number of aldehydes is 2. The molecule has 1 atom stereocenters. The number of hydrogen-bond donors (Lipinski definition) is 1. The Morgan fingerprint density at radius 3 is 2.76 bits per heavy atom. The molecule has 1 aliphatic rings. The van der Waals surface area contributed by atoms with Crippen molar-refractivity contribution >= 4 is 18.5 Å². The van der Waals surface area contributed by atoms with Gasteiger partial charge in [-0.1, -0.05) is 6.07 Å². The first-order valence-corrected chi connectivity index (χ1v) is 9.43. The molecule has 1 N–H and O–H groups in total. The van der Waals surface area contributed by atoms with Crippen LogP contribution in [0.15, 0.2) is 36.4 Å². The molecule has 0 aliphatic carbocycles. The quantitative estimate of drug-likeness (QED) is 0.722. The Morgan fingerprint density at radius 2 is 2.03 bits per heavy atom. The minimum absolute atomic E-state index is 0.0808. The summed E-state index contributed by atoms with van der Waals surface area (Å²) in [7, 11) is 1.50. The van der Waals surface area contributed by atoms with Crippen LogP contribution in [-0.2, 0) is 0 Å². The number of amides is 1. The molecular weight excluding hydrogens is 374 g/mol. The van der Waals surface area contributed by atoms with E-state index in [1.54, 1.807) is 35.2 Å². The van der Waals surface area contributed by atoms with Crippen LogP contribution in [-0.4, -0.2) is 54.8 Å². The highest BCUT2D eigenvalue weighted by Crippen LogP contribution is 2.28. The molecule has 7 nitrogen and oxygen atoms in total. The first kappa shape index (κ1) is 20.4. The Balaban J connectivity index is 1.82. The molecule has 3 rings (SSSR count). The Morgan fingerprint density at radius 1 is 1.21 bits per heavy atom. The molecule has 1 fully saturated rings. The Labute approximate surface area is 168 Å². The average Bonchev–Trinajstić information content (AvgIpc) is 2.77. The molecule has 1 saturated heterocycles. The van der Waals surface area contributed by atoms with Crippen molar-refractivity contribution in [2.45, 2.75) is 25.3 Å². The summed E-state index contributed by atoms with van der Waals surface area (Å²) in [5, 5.41) is 9.80. The molecule has 7 heteroatoms. The summed E-state index contributed by atoms with van der Waals surface area (Å²) >= 11 is 0. The highest BCUT2D eigenvalue weighted by atomic mass is 16.5. The summed E-state index contributed by atoms with van der Waals surface area (Å²) in [6, 6.07) is 9.16. The third-order valence-electron chi connectivity index (χ3n) is 5.10. The Bertz CT molecular complexity index is 910. The van der Waals surface area contributed by atoms with Gasteiger partial charge in [0.1, 0.15) is 23.9 Å². The fourth-order valence-electron chi connectivity index (χ4n) is 3.51. The van der Waals surface area contributed by atoms with Crippen molar-refractivity contribution < 1.29 is 29.0 Å². The van der Waals surface area contributed by atoms with Gasteiger partial charge in [-0.2, -0.15) is 0 Å². The summed E-state index contributed by atoms with van der Waals surface area (Å²) < 4.78 is 11.0. The topological polar surface area (TPSA) is 93.1 Å². The van der Waals surface area contributed by atoms with E-state index in [4.69, 9.17) is 9.47 Å². The number of phenolic OH excluding ortho intramolecular Hbond substituents is 1. The Kier molecular flexibility index (Phi) is 6.49. The summed E-state index contributed by atoms with van der Waals surface area (Å²) in [5.74, 6) is 0.360. The fraction of sp³-hybridized carbons (Fsp3) is 0.318. The van der Waals surface area contributed by atoms with Gasteiger partial charge < -0.3 is 19.5 Å². The molecule has 1 heterocycles. The van der Waals surface area contributed by atoms with Crippen LogP contribution < -0.4 is 9.47 Å². The summed E-state index contributed by atoms with van der Waals surface area (Å²) in [6.45, 7) is 0.722. The van der Waals surface area contributed by atoms with Crippen LogP contribution in [0.3, 0.4) is 0 Å². The average molecular weight is 397 g/mol. The van der Waals surface area contributed by atoms with Gasteiger partial charge >= 0.3 is 0 Å². The van der Waals surface area contributed by atoms with Crippen molar-refractivity contribution in [3.8, 4) is 17.2 Å². The van der Waals surface area contributed by atoms with Crippen LogP contribution >= 0.6 is 0 Å². The largest absolute Gasteiger partial charge is 0.507 e. The zero-order valence-electron chi connectivity index (χ0n) is 16.2. The van der Waals surface area contributed by atoms with E-state index in [2.05, 4.69) is 0 Å². The third kappa shape index (κ3) is 4.39. The number of piperidine rings is 1. The second-order valence-corrected chi connectivity index (χ2v) is 6.84. The lowest BCUT2D eigenvalue weighted by atomic mass is 9.99. The zero-order chi connectivity index (χ0) is 20.8. The second kappa shape index (κ2) is 9.23. The van der Waals surface area contributed by atoms with E-state index < -0.39 is 0 Å². The first-order valence-electron chi connectivity index (χ1n) is 9.43. The minimum Gasteiger partial charge on any atom is -0.507 e. The maximum atomic E-state index is 13.2. The van der Waals surface area contributed by atoms with Crippen molar-refractivity contribution in [1.29, 1.82) is 0 Å². The van der Waals surface area contributed by atoms with Gasteiger partial charge in [-0.05, 0) is 49.6 Å². The number of nitrogens with zero attached hydrogens (tertiary/aromatic N) is 1. The first-order chi connectivity index (χ1) is 14.1. The van der Waals surface area contributed by atoms with Gasteiger partial charge in [-0.15, -0.1) is 0 Å². The summed E-state index contributed by atoms with van der Waals surface area (Å²) in [6.07, 6.45) is 3.74. The molecule has 0 spiro atoms. The van der Waals surface area contributed by atoms with Crippen molar-refractivity contribution in [3.63, 3.8) is 0 Å². The molecule has 0 aromatic heterocycles. The molecular formula is C22H23NO6. The molecule has 0 bridgehead atoms. The van der Waals surface area contributed by atoms with Crippen LogP contribution in [0.5, 0.6) is 17.2 Å². The van der Waals surface area contributed by atoms with E-state index in [-0.39, 0.29) is 41.2 Å².